The minimum atomic E-state index is -4.96. The van der Waals surface area contributed by atoms with E-state index in [1.807, 2.05) is 11.0 Å². The summed E-state index contributed by atoms with van der Waals surface area (Å²) >= 11 is 0. The third-order valence-corrected chi connectivity index (χ3v) is 8.97. The van der Waals surface area contributed by atoms with Crippen molar-refractivity contribution in [2.24, 2.45) is 7.05 Å². The molecule has 2 bridgehead atoms. The van der Waals surface area contributed by atoms with Crippen molar-refractivity contribution in [3.05, 3.63) is 40.8 Å². The zero-order chi connectivity index (χ0) is 31.5. The van der Waals surface area contributed by atoms with E-state index in [-0.39, 0.29) is 57.0 Å². The first-order valence-corrected chi connectivity index (χ1v) is 14.5. The monoisotopic (exact) mass is 611 g/mol. The van der Waals surface area contributed by atoms with Crippen LogP contribution in [0, 0.1) is 24.1 Å². The molecule has 3 saturated heterocycles. The van der Waals surface area contributed by atoms with Crippen LogP contribution in [0.1, 0.15) is 36.1 Å². The third kappa shape index (κ3) is 4.95. The van der Waals surface area contributed by atoms with Crippen LogP contribution in [-0.4, -0.2) is 77.0 Å². The minimum Gasteiger partial charge on any atom is -0.507 e. The molecule has 4 aromatic rings. The number of nitriles is 1. The van der Waals surface area contributed by atoms with Crippen LogP contribution < -0.4 is 15.0 Å². The molecule has 0 amide bonds. The number of hydrogen-bond donors (Lipinski definition) is 2. The molecule has 2 aromatic carbocycles. The maximum absolute atomic E-state index is 16.6. The molecule has 7 rings (SSSR count). The number of aromatic hydroxyl groups is 1. The van der Waals surface area contributed by atoms with Gasteiger partial charge in [0.1, 0.15) is 28.7 Å². The number of fused-ring (bicyclic) bond motifs is 4. The number of aromatic nitrogens is 3. The molecule has 3 fully saturated rings. The fourth-order valence-electron chi connectivity index (χ4n) is 6.50. The van der Waals surface area contributed by atoms with Crippen LogP contribution in [0.3, 0.4) is 0 Å². The van der Waals surface area contributed by atoms with Gasteiger partial charge in [0.05, 0.1) is 18.2 Å². The van der Waals surface area contributed by atoms with E-state index in [2.05, 4.69) is 27.2 Å². The summed E-state index contributed by atoms with van der Waals surface area (Å²) in [6.07, 6.45) is -1.68. The van der Waals surface area contributed by atoms with Gasteiger partial charge in [0.2, 0.25) is 0 Å². The number of methoxy groups -OCH3 is 1. The Morgan fingerprint density at radius 2 is 1.75 bits per heavy atom. The van der Waals surface area contributed by atoms with Gasteiger partial charge in [-0.05, 0) is 64.5 Å². The maximum Gasteiger partial charge on any atom is 0.417 e. The SMILES string of the molecule is CN1CCC1.COc1nc(N2CC3CC[C@@H](C2)N3)c2cc(C(F)(F)F)c(-c3c(C)n(C)c4ccc(O)c(C#N)c34)c(F)c2n1. The largest absolute Gasteiger partial charge is 0.507 e. The fourth-order valence-corrected chi connectivity index (χ4v) is 6.50. The van der Waals surface area contributed by atoms with Gasteiger partial charge in [0.15, 0.2) is 5.82 Å². The second kappa shape index (κ2) is 11.1. The number of nitrogens with one attached hydrogen (secondary N) is 1. The van der Waals surface area contributed by atoms with Crippen molar-refractivity contribution in [2.45, 2.75) is 44.4 Å². The van der Waals surface area contributed by atoms with Gasteiger partial charge in [-0.3, -0.25) is 0 Å². The van der Waals surface area contributed by atoms with Crippen molar-refractivity contribution < 1.29 is 27.4 Å². The highest BCUT2D eigenvalue weighted by molar-refractivity contribution is 6.06. The van der Waals surface area contributed by atoms with Gasteiger partial charge >= 0.3 is 12.2 Å². The molecule has 5 heterocycles. The quantitative estimate of drug-likeness (QED) is 0.309. The summed E-state index contributed by atoms with van der Waals surface area (Å²) in [7, 11) is 5.06. The molecule has 2 atom stereocenters. The van der Waals surface area contributed by atoms with E-state index < -0.39 is 28.9 Å². The van der Waals surface area contributed by atoms with Crippen molar-refractivity contribution in [1.82, 2.24) is 24.8 Å². The van der Waals surface area contributed by atoms with E-state index in [0.717, 1.165) is 18.9 Å². The van der Waals surface area contributed by atoms with Crippen LogP contribution in [0.25, 0.3) is 32.9 Å². The first-order valence-electron chi connectivity index (χ1n) is 14.5. The van der Waals surface area contributed by atoms with Crippen molar-refractivity contribution in [2.75, 3.05) is 45.2 Å². The number of phenols is 1. The van der Waals surface area contributed by atoms with Crippen LogP contribution >= 0.6 is 0 Å². The van der Waals surface area contributed by atoms with Gasteiger partial charge in [-0.25, -0.2) is 4.39 Å². The van der Waals surface area contributed by atoms with E-state index in [0.29, 0.717) is 18.6 Å². The van der Waals surface area contributed by atoms with Crippen molar-refractivity contribution in [3.8, 4) is 29.0 Å². The lowest BCUT2D eigenvalue weighted by Gasteiger charge is -2.34. The first-order chi connectivity index (χ1) is 20.9. The molecule has 13 heteroatoms. The summed E-state index contributed by atoms with van der Waals surface area (Å²) in [5.41, 5.74) is -1.99. The first kappa shape index (κ1) is 29.9. The van der Waals surface area contributed by atoms with Crippen molar-refractivity contribution in [1.29, 1.82) is 5.26 Å². The van der Waals surface area contributed by atoms with E-state index in [4.69, 9.17) is 4.74 Å². The Labute approximate surface area is 251 Å². The minimum absolute atomic E-state index is 0.0289. The average Bonchev–Trinajstić information content (AvgIpc) is 3.44. The lowest BCUT2D eigenvalue weighted by atomic mass is 9.92. The standard InChI is InChI=1S/C27H24F4N6O2.C4H9N/c1-12-20(21-16(9-32)19(38)7-6-18(21)36(12)2)22-17(27(29,30)31)8-15-24(23(22)28)34-26(39-3)35-25(15)37-10-13-4-5-14(11-37)33-13;1-5-3-2-4-5/h6-8,13-14,33,38H,4-5,10-11H2,1-3H3;2-4H2,1H3/t13-,14?;/m0./s1. The molecule has 2 aromatic heterocycles. The Morgan fingerprint density at radius 3 is 2.30 bits per heavy atom. The molecule has 1 unspecified atom stereocenters. The third-order valence-electron chi connectivity index (χ3n) is 8.97. The molecular weight excluding hydrogens is 578 g/mol. The number of benzene rings is 2. The predicted octanol–water partition coefficient (Wildman–Crippen LogP) is 5.10. The van der Waals surface area contributed by atoms with E-state index in [1.54, 1.807) is 18.5 Å². The van der Waals surface area contributed by atoms with Gasteiger partial charge in [0.25, 0.3) is 0 Å². The van der Waals surface area contributed by atoms with Crippen LogP contribution in [0.4, 0.5) is 23.4 Å². The van der Waals surface area contributed by atoms with E-state index in [1.165, 1.54) is 38.8 Å². The summed E-state index contributed by atoms with van der Waals surface area (Å²) in [6.45, 7) is 5.19. The number of hydrogen-bond acceptors (Lipinski definition) is 8. The summed E-state index contributed by atoms with van der Waals surface area (Å²) in [5.74, 6) is -1.44. The molecule has 0 aliphatic carbocycles. The Morgan fingerprint density at radius 1 is 1.09 bits per heavy atom. The summed E-state index contributed by atoms with van der Waals surface area (Å²) in [4.78, 5) is 12.7. The van der Waals surface area contributed by atoms with Crippen molar-refractivity contribution in [3.63, 3.8) is 0 Å². The predicted molar refractivity (Wildman–Crippen MR) is 158 cm³/mol. The Bertz CT molecular complexity index is 1800. The highest BCUT2D eigenvalue weighted by atomic mass is 19.4. The van der Waals surface area contributed by atoms with Crippen LogP contribution in [0.2, 0.25) is 0 Å². The lowest BCUT2D eigenvalue weighted by molar-refractivity contribution is -0.137. The number of piperazine rings is 1. The topological polar surface area (TPSA) is 102 Å². The Hall–Kier alpha value is -4.15. The van der Waals surface area contributed by atoms with Gasteiger partial charge < -0.3 is 29.5 Å². The number of anilines is 1. The number of halogens is 4. The molecule has 2 N–H and O–H groups in total. The molecule has 44 heavy (non-hydrogen) atoms. The zero-order valence-corrected chi connectivity index (χ0v) is 24.9. The van der Waals surface area contributed by atoms with E-state index >= 15 is 4.39 Å². The highest BCUT2D eigenvalue weighted by Gasteiger charge is 2.40. The number of alkyl halides is 3. The summed E-state index contributed by atoms with van der Waals surface area (Å²) in [6, 6.07) is 5.66. The van der Waals surface area contributed by atoms with E-state index in [9.17, 15) is 23.5 Å². The fraction of sp³-hybridized carbons (Fsp3) is 0.452. The second-order valence-electron chi connectivity index (χ2n) is 11.7. The summed E-state index contributed by atoms with van der Waals surface area (Å²) < 4.78 is 67.6. The molecule has 0 saturated carbocycles. The number of nitrogens with zero attached hydrogens (tertiary/aromatic N) is 6. The number of rotatable bonds is 3. The van der Waals surface area contributed by atoms with Crippen LogP contribution in [0.5, 0.6) is 11.8 Å². The molecule has 3 aliphatic rings. The number of ether oxygens (including phenoxy) is 1. The molecule has 0 radical (unpaired) electrons. The molecule has 3 aliphatic heterocycles. The number of aryl methyl sites for hydroxylation is 1. The number of likely N-dealkylation sites (tertiary alicyclic amines) is 1. The summed E-state index contributed by atoms with van der Waals surface area (Å²) in [5, 5.41) is 23.5. The van der Waals surface area contributed by atoms with Crippen LogP contribution in [0.15, 0.2) is 18.2 Å². The van der Waals surface area contributed by atoms with Crippen molar-refractivity contribution >= 4 is 27.6 Å². The maximum atomic E-state index is 16.6. The van der Waals surface area contributed by atoms with Gasteiger partial charge in [0, 0.05) is 59.8 Å². The van der Waals surface area contributed by atoms with Gasteiger partial charge in [-0.15, -0.1) is 0 Å². The Kier molecular flexibility index (Phi) is 7.53. The second-order valence-corrected chi connectivity index (χ2v) is 11.7. The Balaban J connectivity index is 0.000000625. The average molecular weight is 612 g/mol. The normalized spacial score (nSPS) is 19.9. The smallest absolute Gasteiger partial charge is 0.417 e. The molecular formula is C31H33F4N7O2. The van der Waals surface area contributed by atoms with Gasteiger partial charge in [-0.1, -0.05) is 0 Å². The number of phenolic OH excluding ortho intramolecular Hbond substituents is 1. The highest BCUT2D eigenvalue weighted by Crippen LogP contribution is 2.48. The molecule has 232 valence electrons. The lowest BCUT2D eigenvalue weighted by Crippen LogP contribution is -2.51. The van der Waals surface area contributed by atoms with Crippen LogP contribution in [-0.2, 0) is 13.2 Å². The van der Waals surface area contributed by atoms with Gasteiger partial charge in [-0.2, -0.15) is 28.4 Å². The molecule has 9 nitrogen and oxygen atoms in total. The molecule has 0 spiro atoms. The zero-order valence-electron chi connectivity index (χ0n) is 24.9.